The lowest BCUT2D eigenvalue weighted by Crippen LogP contribution is -2.71. The Morgan fingerprint density at radius 3 is 2.65 bits per heavy atom. The number of rotatable bonds is 8. The van der Waals surface area contributed by atoms with Crippen LogP contribution in [-0.4, -0.2) is 69.9 Å². The van der Waals surface area contributed by atoms with Crippen molar-refractivity contribution in [1.29, 1.82) is 0 Å². The first-order valence-electron chi connectivity index (χ1n) is 10.3. The molecular formula is C20H27N3O7S. The molecule has 10 nitrogen and oxygen atoms in total. The molecule has 0 bridgehead atoms. The molecule has 11 heteroatoms. The van der Waals surface area contributed by atoms with Gasteiger partial charge in [0.2, 0.25) is 5.91 Å². The summed E-state index contributed by atoms with van der Waals surface area (Å²) < 4.78 is 4.90. The number of amides is 2. The first-order valence-corrected chi connectivity index (χ1v) is 11.4. The van der Waals surface area contributed by atoms with Crippen LogP contribution in [-0.2, 0) is 28.8 Å². The van der Waals surface area contributed by atoms with Crippen LogP contribution in [0.4, 0.5) is 0 Å². The minimum absolute atomic E-state index is 0.102. The number of oxime groups is 1. The van der Waals surface area contributed by atoms with Crippen molar-refractivity contribution < 1.29 is 33.9 Å². The lowest BCUT2D eigenvalue weighted by molar-refractivity contribution is -0.151. The van der Waals surface area contributed by atoms with Crippen LogP contribution in [0.15, 0.2) is 16.4 Å². The number of nitrogens with one attached hydrogen (secondary N) is 1. The molecule has 2 aliphatic heterocycles. The fraction of sp³-hybridized carbons (Fsp3) is 0.650. The van der Waals surface area contributed by atoms with Crippen LogP contribution < -0.4 is 5.32 Å². The summed E-state index contributed by atoms with van der Waals surface area (Å²) in [4.78, 5) is 54.4. The summed E-state index contributed by atoms with van der Waals surface area (Å²) in [6, 6.07) is -0.811. The number of aliphatic carboxylic acids is 1. The number of nitrogens with zero attached hydrogens (tertiary/aromatic N) is 2. The highest BCUT2D eigenvalue weighted by molar-refractivity contribution is 8.00. The summed E-state index contributed by atoms with van der Waals surface area (Å²) in [6.07, 6.45) is 5.25. The van der Waals surface area contributed by atoms with Gasteiger partial charge >= 0.3 is 11.9 Å². The predicted molar refractivity (Wildman–Crippen MR) is 112 cm³/mol. The van der Waals surface area contributed by atoms with Gasteiger partial charge in [0.1, 0.15) is 30.3 Å². The Labute approximate surface area is 184 Å². The van der Waals surface area contributed by atoms with Gasteiger partial charge in [0, 0.05) is 18.2 Å². The van der Waals surface area contributed by atoms with Gasteiger partial charge in [-0.15, -0.1) is 11.8 Å². The molecular weight excluding hydrogens is 426 g/mol. The van der Waals surface area contributed by atoms with E-state index in [1.54, 1.807) is 6.92 Å². The average molecular weight is 454 g/mol. The smallest absolute Gasteiger partial charge is 0.352 e. The van der Waals surface area contributed by atoms with E-state index >= 15 is 0 Å². The summed E-state index contributed by atoms with van der Waals surface area (Å²) in [5.74, 6) is -2.89. The minimum Gasteiger partial charge on any atom is -0.477 e. The van der Waals surface area contributed by atoms with Crippen molar-refractivity contribution in [3.63, 3.8) is 0 Å². The third-order valence-electron chi connectivity index (χ3n) is 5.39. The number of hydrogen-bond acceptors (Lipinski definition) is 8. The van der Waals surface area contributed by atoms with Gasteiger partial charge in [0.15, 0.2) is 0 Å². The zero-order valence-electron chi connectivity index (χ0n) is 17.6. The second-order valence-electron chi connectivity index (χ2n) is 7.85. The molecule has 1 aliphatic carbocycles. The maximum atomic E-state index is 12.6. The second-order valence-corrected chi connectivity index (χ2v) is 8.95. The molecule has 0 aromatic rings. The number of thioether (sulfide) groups is 1. The van der Waals surface area contributed by atoms with Crippen LogP contribution in [0.2, 0.25) is 0 Å². The number of esters is 1. The fourth-order valence-electron chi connectivity index (χ4n) is 3.65. The van der Waals surface area contributed by atoms with Crippen molar-refractivity contribution in [3.8, 4) is 0 Å². The summed E-state index contributed by atoms with van der Waals surface area (Å²) >= 11 is 1.32. The number of ether oxygens (including phenoxy) is 1. The van der Waals surface area contributed by atoms with Crippen molar-refractivity contribution in [3.05, 3.63) is 11.3 Å². The van der Waals surface area contributed by atoms with Crippen molar-refractivity contribution in [2.75, 3.05) is 19.0 Å². The monoisotopic (exact) mass is 453 g/mol. The first kappa shape index (κ1) is 23.1. The van der Waals surface area contributed by atoms with E-state index in [4.69, 9.17) is 9.57 Å². The molecule has 170 valence electrons. The zero-order valence-corrected chi connectivity index (χ0v) is 18.4. The highest BCUT2D eigenvalue weighted by atomic mass is 32.2. The van der Waals surface area contributed by atoms with Crippen LogP contribution in [0.5, 0.6) is 0 Å². The van der Waals surface area contributed by atoms with Gasteiger partial charge in [-0.05, 0) is 25.7 Å². The maximum absolute atomic E-state index is 12.6. The summed E-state index contributed by atoms with van der Waals surface area (Å²) in [6.45, 7) is 2.83. The molecule has 2 amide bonds. The molecule has 1 saturated heterocycles. The highest BCUT2D eigenvalue weighted by Crippen LogP contribution is 2.40. The number of carbonyl (C=O) groups excluding carboxylic acids is 3. The van der Waals surface area contributed by atoms with Crippen LogP contribution >= 0.6 is 11.8 Å². The topological polar surface area (TPSA) is 135 Å². The maximum Gasteiger partial charge on any atom is 0.352 e. The molecule has 2 N–H and O–H groups in total. The lowest BCUT2D eigenvalue weighted by atomic mass is 9.99. The molecule has 0 aromatic carbocycles. The summed E-state index contributed by atoms with van der Waals surface area (Å²) in [5.41, 5.74) is 1.19. The highest BCUT2D eigenvalue weighted by Gasteiger charge is 2.54. The first-order chi connectivity index (χ1) is 14.8. The van der Waals surface area contributed by atoms with Gasteiger partial charge in [-0.3, -0.25) is 19.3 Å². The number of carboxylic acid groups (broad SMARTS) is 1. The van der Waals surface area contributed by atoms with Gasteiger partial charge in [-0.2, -0.15) is 0 Å². The molecule has 2 heterocycles. The molecule has 3 aliphatic rings. The fourth-order valence-corrected chi connectivity index (χ4v) is 4.97. The van der Waals surface area contributed by atoms with E-state index in [0.29, 0.717) is 5.57 Å². The van der Waals surface area contributed by atoms with E-state index in [0.717, 1.165) is 36.3 Å². The van der Waals surface area contributed by atoms with Crippen LogP contribution in [0.1, 0.15) is 46.0 Å². The number of β-lactam (4-membered cyclic amide) rings is 1. The molecule has 1 saturated carbocycles. The van der Waals surface area contributed by atoms with Gasteiger partial charge in [-0.25, -0.2) is 4.79 Å². The van der Waals surface area contributed by atoms with Crippen LogP contribution in [0.25, 0.3) is 0 Å². The number of hydrogen-bond donors (Lipinski definition) is 2. The van der Waals surface area contributed by atoms with Crippen LogP contribution in [0.3, 0.4) is 0 Å². The standard InChI is InChI=1S/C20H27N3O7S/c1-11(8-30-22-14-6-4-3-5-7-14)17(25)21-15-18(26)23-16(20(27)28)13(9-29-12(2)24)10-31-19(15)23/h11,15,19H,3-10H2,1-2H3,(H,21,25)(H,27,28)/t11-,15+,19?/m0/s1. The van der Waals surface area contributed by atoms with E-state index < -0.39 is 35.2 Å². The quantitative estimate of drug-likeness (QED) is 0.319. The summed E-state index contributed by atoms with van der Waals surface area (Å²) in [7, 11) is 0. The Morgan fingerprint density at radius 1 is 1.29 bits per heavy atom. The molecule has 2 fully saturated rings. The summed E-state index contributed by atoms with van der Waals surface area (Å²) in [5, 5.41) is 15.9. The molecule has 0 spiro atoms. The van der Waals surface area contributed by atoms with E-state index in [2.05, 4.69) is 10.5 Å². The molecule has 3 atom stereocenters. The Balaban J connectivity index is 1.55. The largest absolute Gasteiger partial charge is 0.477 e. The molecule has 31 heavy (non-hydrogen) atoms. The third-order valence-corrected chi connectivity index (χ3v) is 6.73. The average Bonchev–Trinajstić information content (AvgIpc) is 2.75. The number of carbonyl (C=O) groups is 4. The van der Waals surface area contributed by atoms with Gasteiger partial charge in [0.05, 0.1) is 11.6 Å². The van der Waals surface area contributed by atoms with E-state index in [9.17, 15) is 24.3 Å². The molecule has 0 aromatic heterocycles. The van der Waals surface area contributed by atoms with Crippen molar-refractivity contribution in [2.24, 2.45) is 11.1 Å². The minimum atomic E-state index is -1.27. The third kappa shape index (κ3) is 5.38. The SMILES string of the molecule is CC(=O)OCC1=C(C(=O)O)N2C(=O)[C@@H](NC(=O)[C@@H](C)CON=C3CCCCC3)C2SC1. The van der Waals surface area contributed by atoms with Crippen LogP contribution in [0, 0.1) is 5.92 Å². The Morgan fingerprint density at radius 2 is 2.00 bits per heavy atom. The molecule has 1 unspecified atom stereocenters. The zero-order chi connectivity index (χ0) is 22.5. The van der Waals surface area contributed by atoms with Gasteiger partial charge < -0.3 is 20.0 Å². The van der Waals surface area contributed by atoms with Crippen molar-refractivity contribution in [2.45, 2.75) is 57.4 Å². The van der Waals surface area contributed by atoms with Gasteiger partial charge in [-0.1, -0.05) is 18.5 Å². The van der Waals surface area contributed by atoms with E-state index in [1.807, 2.05) is 0 Å². The van der Waals surface area contributed by atoms with Crippen molar-refractivity contribution >= 4 is 41.2 Å². The van der Waals surface area contributed by atoms with Gasteiger partial charge in [0.25, 0.3) is 5.91 Å². The number of fused-ring (bicyclic) bond motifs is 1. The predicted octanol–water partition coefficient (Wildman–Crippen LogP) is 1.26. The Hall–Kier alpha value is -2.56. The second kappa shape index (κ2) is 10.2. The molecule has 3 rings (SSSR count). The normalized spacial score (nSPS) is 24.0. The van der Waals surface area contributed by atoms with Crippen molar-refractivity contribution in [1.82, 2.24) is 10.2 Å². The Bertz CT molecular complexity index is 818. The Kier molecular flexibility index (Phi) is 7.58. The molecule has 0 radical (unpaired) electrons. The lowest BCUT2D eigenvalue weighted by Gasteiger charge is -2.49. The van der Waals surface area contributed by atoms with E-state index in [-0.39, 0.29) is 30.6 Å². The number of carboxylic acids is 1. The van der Waals surface area contributed by atoms with E-state index in [1.165, 1.54) is 25.1 Å².